The van der Waals surface area contributed by atoms with E-state index < -0.39 is 11.8 Å². The van der Waals surface area contributed by atoms with E-state index in [4.69, 9.17) is 0 Å². The zero-order valence-corrected chi connectivity index (χ0v) is 18.5. The number of rotatable bonds is 4. The third kappa shape index (κ3) is 5.94. The number of hydrogen-bond donors (Lipinski definition) is 0. The minimum absolute atomic E-state index is 0.253. The summed E-state index contributed by atoms with van der Waals surface area (Å²) in [5, 5.41) is 8.43. The predicted molar refractivity (Wildman–Crippen MR) is 122 cm³/mol. The topological polar surface area (TPSA) is 79.3 Å². The first-order valence-electron chi connectivity index (χ1n) is 10.6. The first-order chi connectivity index (χ1) is 15.2. The Hall–Kier alpha value is -3.61. The van der Waals surface area contributed by atoms with Crippen molar-refractivity contribution in [2.24, 2.45) is 0 Å². The van der Waals surface area contributed by atoms with E-state index in [0.717, 1.165) is 11.3 Å². The molecule has 3 aromatic rings. The van der Waals surface area contributed by atoms with Crippen molar-refractivity contribution in [1.82, 2.24) is 20.1 Å². The van der Waals surface area contributed by atoms with Gasteiger partial charge in [0.2, 0.25) is 0 Å². The Labute approximate surface area is 183 Å². The van der Waals surface area contributed by atoms with E-state index in [9.17, 15) is 9.59 Å². The average molecular weight is 420 g/mol. The van der Waals surface area contributed by atoms with Gasteiger partial charge < -0.3 is 4.90 Å². The number of carbonyl (C=O) groups is 2. The number of nitrogens with zero attached hydrogens (tertiary/aromatic N) is 5. The van der Waals surface area contributed by atoms with Gasteiger partial charge in [-0.1, -0.05) is 64.1 Å². The van der Waals surface area contributed by atoms with Gasteiger partial charge in [0.25, 0.3) is 0 Å². The monoisotopic (exact) mass is 419 g/mol. The molecular weight excluding hydrogens is 390 g/mol. The predicted octanol–water partition coefficient (Wildman–Crippen LogP) is 3.97. The maximum atomic E-state index is 12.5. The van der Waals surface area contributed by atoms with Gasteiger partial charge in [-0.25, -0.2) is 4.98 Å². The fourth-order valence-corrected chi connectivity index (χ4v) is 2.96. The van der Waals surface area contributed by atoms with E-state index in [-0.39, 0.29) is 6.54 Å². The van der Waals surface area contributed by atoms with Crippen LogP contribution in [0, 0.1) is 0 Å². The number of piperazine rings is 1. The molecule has 2 amide bonds. The molecule has 0 bridgehead atoms. The van der Waals surface area contributed by atoms with Crippen molar-refractivity contribution in [2.75, 3.05) is 18.0 Å². The van der Waals surface area contributed by atoms with Crippen LogP contribution in [-0.4, -0.2) is 45.0 Å². The summed E-state index contributed by atoms with van der Waals surface area (Å²) in [7, 11) is 0. The van der Waals surface area contributed by atoms with E-state index >= 15 is 0 Å². The van der Waals surface area contributed by atoms with Crippen LogP contribution in [-0.2, 0) is 16.1 Å². The van der Waals surface area contributed by atoms with Crippen LogP contribution in [0.1, 0.15) is 33.4 Å². The molecule has 31 heavy (non-hydrogen) atoms. The van der Waals surface area contributed by atoms with Crippen LogP contribution in [0.15, 0.2) is 66.9 Å². The van der Waals surface area contributed by atoms with E-state index in [0.29, 0.717) is 24.6 Å². The first kappa shape index (κ1) is 23.7. The molecule has 1 aliphatic heterocycles. The Morgan fingerprint density at radius 1 is 0.774 bits per heavy atom. The van der Waals surface area contributed by atoms with E-state index in [1.807, 2.05) is 70.2 Å². The number of carbonyl (C=O) groups excluding carboxylic acids is 2. The van der Waals surface area contributed by atoms with Crippen LogP contribution in [0.2, 0.25) is 0 Å². The van der Waals surface area contributed by atoms with Gasteiger partial charge in [-0.2, -0.15) is 10.2 Å². The second-order valence-electron chi connectivity index (χ2n) is 6.15. The highest BCUT2D eigenvalue weighted by Crippen LogP contribution is 2.18. The van der Waals surface area contributed by atoms with E-state index in [2.05, 4.69) is 15.2 Å². The summed E-state index contributed by atoms with van der Waals surface area (Å²) in [6.45, 7) is 9.07. The fraction of sp³-hybridized carbons (Fsp3) is 0.292. The number of amides is 2. The minimum atomic E-state index is -0.575. The van der Waals surface area contributed by atoms with Gasteiger partial charge in [-0.3, -0.25) is 14.5 Å². The van der Waals surface area contributed by atoms with E-state index in [1.54, 1.807) is 24.4 Å². The average Bonchev–Trinajstić information content (AvgIpc) is 2.86. The van der Waals surface area contributed by atoms with Crippen molar-refractivity contribution < 1.29 is 9.59 Å². The third-order valence-electron chi connectivity index (χ3n) is 4.38. The van der Waals surface area contributed by atoms with Crippen LogP contribution < -0.4 is 4.90 Å². The van der Waals surface area contributed by atoms with Crippen molar-refractivity contribution in [3.63, 3.8) is 0 Å². The van der Waals surface area contributed by atoms with Gasteiger partial charge in [0, 0.05) is 24.8 Å². The van der Waals surface area contributed by atoms with Gasteiger partial charge in [-0.05, 0) is 24.3 Å². The highest BCUT2D eigenvalue weighted by molar-refractivity contribution is 6.40. The Morgan fingerprint density at radius 3 is 2.10 bits per heavy atom. The Morgan fingerprint density at radius 2 is 1.48 bits per heavy atom. The molecule has 7 heteroatoms. The molecule has 1 saturated heterocycles. The third-order valence-corrected chi connectivity index (χ3v) is 4.38. The second-order valence-corrected chi connectivity index (χ2v) is 6.15. The van der Waals surface area contributed by atoms with Crippen LogP contribution >= 0.6 is 0 Å². The van der Waals surface area contributed by atoms with Gasteiger partial charge in [-0.15, -0.1) is 0 Å². The molecule has 0 saturated carbocycles. The van der Waals surface area contributed by atoms with Crippen molar-refractivity contribution in [1.29, 1.82) is 0 Å². The lowest BCUT2D eigenvalue weighted by molar-refractivity contribution is -0.146. The fourth-order valence-electron chi connectivity index (χ4n) is 2.96. The number of aromatic nitrogens is 3. The lowest BCUT2D eigenvalue weighted by Crippen LogP contribution is -2.54. The standard InChI is InChI=1S/C20H17N5O2.2C2H6/c26-19-20(27)25(18-8-4-5-11-21-18)13-12-24(19)14-16-9-10-17(23-22-16)15-6-2-1-3-7-15;2*1-2/h1-11H,12-14H2;2*1-2H3. The van der Waals surface area contributed by atoms with E-state index in [1.165, 1.54) is 9.80 Å². The quantitative estimate of drug-likeness (QED) is 0.598. The Balaban J connectivity index is 0.000000807. The summed E-state index contributed by atoms with van der Waals surface area (Å²) in [4.78, 5) is 31.9. The number of pyridine rings is 1. The molecule has 0 spiro atoms. The zero-order chi connectivity index (χ0) is 22.6. The summed E-state index contributed by atoms with van der Waals surface area (Å²) >= 11 is 0. The number of anilines is 1. The Kier molecular flexibility index (Phi) is 9.29. The molecule has 0 unspecified atom stereocenters. The van der Waals surface area contributed by atoms with Crippen molar-refractivity contribution in [2.45, 2.75) is 34.2 Å². The molecule has 1 fully saturated rings. The van der Waals surface area contributed by atoms with Gasteiger partial charge in [0.15, 0.2) is 0 Å². The molecule has 2 aromatic heterocycles. The normalized spacial score (nSPS) is 13.0. The minimum Gasteiger partial charge on any atom is -0.327 e. The van der Waals surface area contributed by atoms with Crippen molar-refractivity contribution in [3.05, 3.63) is 72.6 Å². The second kappa shape index (κ2) is 12.2. The molecule has 0 atom stereocenters. The largest absolute Gasteiger partial charge is 0.327 e. The van der Waals surface area contributed by atoms with Crippen LogP contribution in [0.4, 0.5) is 5.82 Å². The molecule has 162 valence electrons. The van der Waals surface area contributed by atoms with Crippen molar-refractivity contribution >= 4 is 17.6 Å². The molecule has 3 heterocycles. The summed E-state index contributed by atoms with van der Waals surface area (Å²) in [6, 6.07) is 18.7. The summed E-state index contributed by atoms with van der Waals surface area (Å²) in [5.74, 6) is -0.642. The summed E-state index contributed by atoms with van der Waals surface area (Å²) in [6.07, 6.45) is 1.60. The smallest absolute Gasteiger partial charge is 0.317 e. The van der Waals surface area contributed by atoms with Gasteiger partial charge >= 0.3 is 11.8 Å². The Bertz CT molecular complexity index is 947. The van der Waals surface area contributed by atoms with Crippen LogP contribution in [0.5, 0.6) is 0 Å². The van der Waals surface area contributed by atoms with Gasteiger partial charge in [0.05, 0.1) is 17.9 Å². The lowest BCUT2D eigenvalue weighted by atomic mass is 10.1. The molecule has 0 N–H and O–H groups in total. The number of benzene rings is 1. The first-order valence-corrected chi connectivity index (χ1v) is 10.6. The lowest BCUT2D eigenvalue weighted by Gasteiger charge is -2.32. The summed E-state index contributed by atoms with van der Waals surface area (Å²) in [5.41, 5.74) is 2.38. The maximum Gasteiger partial charge on any atom is 0.317 e. The SMILES string of the molecule is CC.CC.O=C1C(=O)N(c2ccccn2)CCN1Cc1ccc(-c2ccccc2)nn1. The molecular formula is C24H29N5O2. The molecule has 1 aromatic carbocycles. The molecule has 1 aliphatic rings. The van der Waals surface area contributed by atoms with Crippen LogP contribution in [0.3, 0.4) is 0 Å². The van der Waals surface area contributed by atoms with Gasteiger partial charge in [0.1, 0.15) is 5.82 Å². The number of hydrogen-bond acceptors (Lipinski definition) is 5. The van der Waals surface area contributed by atoms with Crippen LogP contribution in [0.25, 0.3) is 11.3 Å². The van der Waals surface area contributed by atoms with Crippen molar-refractivity contribution in [3.8, 4) is 11.3 Å². The molecule has 0 radical (unpaired) electrons. The highest BCUT2D eigenvalue weighted by atomic mass is 16.2. The molecule has 4 rings (SSSR count). The highest BCUT2D eigenvalue weighted by Gasteiger charge is 2.34. The zero-order valence-electron chi connectivity index (χ0n) is 18.5. The summed E-state index contributed by atoms with van der Waals surface area (Å²) < 4.78 is 0. The molecule has 0 aliphatic carbocycles. The maximum absolute atomic E-state index is 12.5. The molecule has 7 nitrogen and oxygen atoms in total.